The molecule has 1 aliphatic carbocycles. The van der Waals surface area contributed by atoms with Crippen LogP contribution in [0.3, 0.4) is 0 Å². The molecule has 0 radical (unpaired) electrons. The van der Waals surface area contributed by atoms with E-state index in [1.165, 1.54) is 23.4 Å². The number of anilines is 1. The standard InChI is InChI=1S/C23H28FN3O/c1-18-3-2-4-22(15-18)25-11-13-26(14-12-25)23(28)17-27(21-9-10-21)16-19-5-7-20(24)8-6-19/h2-8,15,21H,9-14,16-17H2,1H3. The maximum absolute atomic E-state index is 13.1. The van der Waals surface area contributed by atoms with Crippen molar-refractivity contribution in [3.63, 3.8) is 0 Å². The van der Waals surface area contributed by atoms with Crippen LogP contribution in [0.1, 0.15) is 24.0 Å². The molecule has 28 heavy (non-hydrogen) atoms. The number of aryl methyl sites for hydroxylation is 1. The zero-order valence-electron chi connectivity index (χ0n) is 16.5. The Hall–Kier alpha value is -2.40. The Morgan fingerprint density at radius 3 is 2.43 bits per heavy atom. The van der Waals surface area contributed by atoms with Crippen LogP contribution in [0.4, 0.5) is 10.1 Å². The quantitative estimate of drug-likeness (QED) is 0.767. The number of nitrogens with zero attached hydrogens (tertiary/aromatic N) is 3. The van der Waals surface area contributed by atoms with Gasteiger partial charge in [-0.1, -0.05) is 24.3 Å². The molecule has 0 atom stereocenters. The Bertz CT molecular complexity index is 811. The Labute approximate surface area is 166 Å². The summed E-state index contributed by atoms with van der Waals surface area (Å²) in [6.07, 6.45) is 2.30. The molecule has 1 heterocycles. The van der Waals surface area contributed by atoms with Crippen molar-refractivity contribution < 1.29 is 9.18 Å². The van der Waals surface area contributed by atoms with E-state index in [2.05, 4.69) is 41.0 Å². The number of amides is 1. The lowest BCUT2D eigenvalue weighted by Crippen LogP contribution is -2.51. The van der Waals surface area contributed by atoms with Crippen molar-refractivity contribution in [2.24, 2.45) is 0 Å². The molecule has 2 fully saturated rings. The first kappa shape index (κ1) is 18.9. The maximum Gasteiger partial charge on any atom is 0.236 e. The molecule has 4 rings (SSSR count). The number of hydrogen-bond acceptors (Lipinski definition) is 3. The predicted molar refractivity (Wildman–Crippen MR) is 110 cm³/mol. The molecule has 1 saturated heterocycles. The summed E-state index contributed by atoms with van der Waals surface area (Å²) < 4.78 is 13.1. The van der Waals surface area contributed by atoms with Crippen molar-refractivity contribution >= 4 is 11.6 Å². The summed E-state index contributed by atoms with van der Waals surface area (Å²) in [6, 6.07) is 15.6. The lowest BCUT2D eigenvalue weighted by molar-refractivity contribution is -0.133. The van der Waals surface area contributed by atoms with Crippen LogP contribution in [-0.2, 0) is 11.3 Å². The van der Waals surface area contributed by atoms with Crippen LogP contribution in [-0.4, -0.2) is 54.5 Å². The number of carbonyl (C=O) groups is 1. The molecular formula is C23H28FN3O. The molecule has 1 saturated carbocycles. The van der Waals surface area contributed by atoms with E-state index in [-0.39, 0.29) is 11.7 Å². The summed E-state index contributed by atoms with van der Waals surface area (Å²) in [7, 11) is 0. The second kappa shape index (κ2) is 8.31. The van der Waals surface area contributed by atoms with Gasteiger partial charge in [0.05, 0.1) is 6.54 Å². The second-order valence-electron chi connectivity index (χ2n) is 7.97. The van der Waals surface area contributed by atoms with Crippen LogP contribution in [0.25, 0.3) is 0 Å². The summed E-state index contributed by atoms with van der Waals surface area (Å²) in [4.78, 5) is 19.5. The van der Waals surface area contributed by atoms with Crippen LogP contribution >= 0.6 is 0 Å². The molecule has 4 nitrogen and oxygen atoms in total. The number of rotatable bonds is 6. The molecule has 2 aromatic rings. The van der Waals surface area contributed by atoms with Gasteiger partial charge in [-0.2, -0.15) is 0 Å². The van der Waals surface area contributed by atoms with Gasteiger partial charge in [-0.3, -0.25) is 9.69 Å². The van der Waals surface area contributed by atoms with Gasteiger partial charge in [-0.15, -0.1) is 0 Å². The highest BCUT2D eigenvalue weighted by Gasteiger charge is 2.32. The van der Waals surface area contributed by atoms with Crippen molar-refractivity contribution in [2.75, 3.05) is 37.6 Å². The van der Waals surface area contributed by atoms with Gasteiger partial charge in [0.25, 0.3) is 0 Å². The van der Waals surface area contributed by atoms with Crippen molar-refractivity contribution in [3.8, 4) is 0 Å². The Morgan fingerprint density at radius 2 is 1.79 bits per heavy atom. The zero-order valence-corrected chi connectivity index (χ0v) is 16.5. The van der Waals surface area contributed by atoms with Crippen molar-refractivity contribution in [1.82, 2.24) is 9.80 Å². The van der Waals surface area contributed by atoms with E-state index in [9.17, 15) is 9.18 Å². The van der Waals surface area contributed by atoms with Gasteiger partial charge < -0.3 is 9.80 Å². The third kappa shape index (κ3) is 4.71. The fraction of sp³-hybridized carbons (Fsp3) is 0.435. The molecule has 1 amide bonds. The number of benzene rings is 2. The average Bonchev–Trinajstić information content (AvgIpc) is 3.54. The van der Waals surface area contributed by atoms with Crippen LogP contribution in [0.2, 0.25) is 0 Å². The van der Waals surface area contributed by atoms with E-state index < -0.39 is 0 Å². The molecule has 0 unspecified atom stereocenters. The normalized spacial score (nSPS) is 17.2. The van der Waals surface area contributed by atoms with Crippen LogP contribution in [0.15, 0.2) is 48.5 Å². The Kier molecular flexibility index (Phi) is 5.62. The minimum absolute atomic E-state index is 0.206. The fourth-order valence-electron chi connectivity index (χ4n) is 3.89. The predicted octanol–water partition coefficient (Wildman–Crippen LogP) is 3.45. The maximum atomic E-state index is 13.1. The Balaban J connectivity index is 1.32. The first-order chi connectivity index (χ1) is 13.6. The largest absolute Gasteiger partial charge is 0.368 e. The van der Waals surface area contributed by atoms with E-state index in [1.54, 1.807) is 0 Å². The molecule has 0 N–H and O–H groups in total. The van der Waals surface area contributed by atoms with Crippen LogP contribution < -0.4 is 4.90 Å². The Morgan fingerprint density at radius 1 is 1.07 bits per heavy atom. The molecule has 148 valence electrons. The first-order valence-electron chi connectivity index (χ1n) is 10.2. The lowest BCUT2D eigenvalue weighted by atomic mass is 10.2. The monoisotopic (exact) mass is 381 g/mol. The number of carbonyl (C=O) groups excluding carboxylic acids is 1. The molecule has 0 aromatic heterocycles. The minimum atomic E-state index is -0.218. The molecule has 2 aromatic carbocycles. The van der Waals surface area contributed by atoms with Gasteiger partial charge >= 0.3 is 0 Å². The van der Waals surface area contributed by atoms with Crippen LogP contribution in [0.5, 0.6) is 0 Å². The van der Waals surface area contributed by atoms with Gasteiger partial charge in [0.1, 0.15) is 5.82 Å². The summed E-state index contributed by atoms with van der Waals surface area (Å²) in [5.41, 5.74) is 3.56. The van der Waals surface area contributed by atoms with Gasteiger partial charge in [-0.25, -0.2) is 4.39 Å². The highest BCUT2D eigenvalue weighted by Crippen LogP contribution is 2.28. The van der Waals surface area contributed by atoms with Crippen molar-refractivity contribution in [2.45, 2.75) is 32.4 Å². The van der Waals surface area contributed by atoms with Gasteiger partial charge in [0.2, 0.25) is 5.91 Å². The third-order valence-corrected chi connectivity index (χ3v) is 5.70. The van der Waals surface area contributed by atoms with Crippen molar-refractivity contribution in [1.29, 1.82) is 0 Å². The van der Waals surface area contributed by atoms with Gasteiger partial charge in [-0.05, 0) is 55.2 Å². The number of halogens is 1. The smallest absolute Gasteiger partial charge is 0.236 e. The average molecular weight is 381 g/mol. The summed E-state index contributed by atoms with van der Waals surface area (Å²) >= 11 is 0. The molecule has 0 spiro atoms. The summed E-state index contributed by atoms with van der Waals surface area (Å²) in [5.74, 6) is -0.0119. The molecule has 1 aliphatic heterocycles. The lowest BCUT2D eigenvalue weighted by Gasteiger charge is -2.37. The molecule has 2 aliphatic rings. The van der Waals surface area contributed by atoms with Gasteiger partial charge in [0.15, 0.2) is 0 Å². The minimum Gasteiger partial charge on any atom is -0.368 e. The highest BCUT2D eigenvalue weighted by atomic mass is 19.1. The van der Waals surface area contributed by atoms with E-state index in [4.69, 9.17) is 0 Å². The topological polar surface area (TPSA) is 26.8 Å². The second-order valence-corrected chi connectivity index (χ2v) is 7.97. The third-order valence-electron chi connectivity index (χ3n) is 5.70. The van der Waals surface area contributed by atoms with Crippen LogP contribution in [0, 0.1) is 12.7 Å². The molecule has 5 heteroatoms. The SMILES string of the molecule is Cc1cccc(N2CCN(C(=O)CN(Cc3ccc(F)cc3)C3CC3)CC2)c1. The zero-order chi connectivity index (χ0) is 19.5. The van der Waals surface area contributed by atoms with E-state index in [1.807, 2.05) is 17.0 Å². The fourth-order valence-corrected chi connectivity index (χ4v) is 3.89. The number of hydrogen-bond donors (Lipinski definition) is 0. The highest BCUT2D eigenvalue weighted by molar-refractivity contribution is 5.78. The molecule has 0 bridgehead atoms. The van der Waals surface area contributed by atoms with E-state index in [0.29, 0.717) is 19.1 Å². The summed E-state index contributed by atoms with van der Waals surface area (Å²) in [5, 5.41) is 0. The summed E-state index contributed by atoms with van der Waals surface area (Å²) in [6.45, 7) is 6.54. The van der Waals surface area contributed by atoms with Crippen molar-refractivity contribution in [3.05, 3.63) is 65.5 Å². The number of piperazine rings is 1. The van der Waals surface area contributed by atoms with E-state index >= 15 is 0 Å². The first-order valence-corrected chi connectivity index (χ1v) is 10.2. The molecular weight excluding hydrogens is 353 g/mol. The van der Waals surface area contributed by atoms with E-state index in [0.717, 1.165) is 44.6 Å². The van der Waals surface area contributed by atoms with Gasteiger partial charge in [0, 0.05) is 44.5 Å².